The SMILES string of the molecule is O=C(O)C1CCN(C(c2ccccc2)c2ccc(Cl)c(Cl)c2)CC1. The minimum Gasteiger partial charge on any atom is -0.481 e. The Morgan fingerprint density at radius 1 is 1.00 bits per heavy atom. The molecule has 126 valence electrons. The fraction of sp³-hybridized carbons (Fsp3) is 0.316. The minimum absolute atomic E-state index is 0.0516. The summed E-state index contributed by atoms with van der Waals surface area (Å²) < 4.78 is 0. The molecule has 3 nitrogen and oxygen atoms in total. The summed E-state index contributed by atoms with van der Waals surface area (Å²) in [5.74, 6) is -0.938. The predicted octanol–water partition coefficient (Wildman–Crippen LogP) is 4.88. The number of benzene rings is 2. The number of likely N-dealkylation sites (tertiary alicyclic amines) is 1. The average molecular weight is 364 g/mol. The number of aliphatic carboxylic acids is 1. The van der Waals surface area contributed by atoms with Crippen molar-refractivity contribution in [1.29, 1.82) is 0 Å². The summed E-state index contributed by atoms with van der Waals surface area (Å²) in [6.45, 7) is 1.49. The molecule has 0 radical (unpaired) electrons. The normalized spacial score (nSPS) is 17.6. The van der Waals surface area contributed by atoms with Crippen LogP contribution in [-0.4, -0.2) is 29.1 Å². The number of carbonyl (C=O) groups is 1. The zero-order valence-corrected chi connectivity index (χ0v) is 14.7. The van der Waals surface area contributed by atoms with Crippen LogP contribution < -0.4 is 0 Å². The van der Waals surface area contributed by atoms with Gasteiger partial charge in [-0.15, -0.1) is 0 Å². The lowest BCUT2D eigenvalue weighted by atomic mass is 9.91. The largest absolute Gasteiger partial charge is 0.481 e. The average Bonchev–Trinajstić information content (AvgIpc) is 2.60. The standard InChI is InChI=1S/C19H19Cl2NO2/c20-16-7-6-15(12-17(16)21)18(13-4-2-1-3-5-13)22-10-8-14(9-11-22)19(23)24/h1-7,12,14,18H,8-11H2,(H,23,24). The van der Waals surface area contributed by atoms with Gasteiger partial charge in [0.15, 0.2) is 0 Å². The highest BCUT2D eigenvalue weighted by atomic mass is 35.5. The van der Waals surface area contributed by atoms with Gasteiger partial charge in [0, 0.05) is 0 Å². The first-order chi connectivity index (χ1) is 11.6. The zero-order valence-electron chi connectivity index (χ0n) is 13.2. The quantitative estimate of drug-likeness (QED) is 0.841. The van der Waals surface area contributed by atoms with E-state index < -0.39 is 5.97 Å². The molecule has 0 aliphatic carbocycles. The van der Waals surface area contributed by atoms with Crippen molar-refractivity contribution in [3.8, 4) is 0 Å². The number of carboxylic acid groups (broad SMARTS) is 1. The first-order valence-electron chi connectivity index (χ1n) is 8.03. The molecular weight excluding hydrogens is 345 g/mol. The van der Waals surface area contributed by atoms with E-state index in [1.807, 2.05) is 36.4 Å². The van der Waals surface area contributed by atoms with Crippen molar-refractivity contribution in [3.63, 3.8) is 0 Å². The molecule has 1 unspecified atom stereocenters. The van der Waals surface area contributed by atoms with Gasteiger partial charge in [0.25, 0.3) is 0 Å². The summed E-state index contributed by atoms with van der Waals surface area (Å²) in [5, 5.41) is 10.3. The maximum atomic E-state index is 11.2. The molecule has 1 aliphatic rings. The van der Waals surface area contributed by atoms with E-state index in [0.717, 1.165) is 18.7 Å². The van der Waals surface area contributed by atoms with E-state index in [1.54, 1.807) is 0 Å². The molecule has 2 aromatic rings. The predicted molar refractivity (Wildman–Crippen MR) is 96.7 cm³/mol. The molecule has 1 fully saturated rings. The van der Waals surface area contributed by atoms with Gasteiger partial charge in [-0.25, -0.2) is 0 Å². The molecule has 1 atom stereocenters. The van der Waals surface area contributed by atoms with Gasteiger partial charge in [-0.1, -0.05) is 59.6 Å². The lowest BCUT2D eigenvalue weighted by molar-refractivity contribution is -0.143. The Hall–Kier alpha value is -1.55. The fourth-order valence-corrected chi connectivity index (χ4v) is 3.64. The van der Waals surface area contributed by atoms with Gasteiger partial charge >= 0.3 is 5.97 Å². The van der Waals surface area contributed by atoms with Crippen LogP contribution in [0.3, 0.4) is 0 Å². The molecule has 0 amide bonds. The number of piperidine rings is 1. The summed E-state index contributed by atoms with van der Waals surface area (Å²) in [6.07, 6.45) is 1.33. The molecule has 0 aromatic heterocycles. The Kier molecular flexibility index (Phi) is 5.44. The fourth-order valence-electron chi connectivity index (χ4n) is 3.34. The lowest BCUT2D eigenvalue weighted by Crippen LogP contribution is -2.39. The lowest BCUT2D eigenvalue weighted by Gasteiger charge is -2.37. The molecule has 0 saturated carbocycles. The molecule has 24 heavy (non-hydrogen) atoms. The van der Waals surface area contributed by atoms with Crippen LogP contribution >= 0.6 is 23.2 Å². The smallest absolute Gasteiger partial charge is 0.306 e. The van der Waals surface area contributed by atoms with Gasteiger partial charge in [0.2, 0.25) is 0 Å². The number of hydrogen-bond donors (Lipinski definition) is 1. The van der Waals surface area contributed by atoms with Gasteiger partial charge in [-0.2, -0.15) is 0 Å². The molecule has 0 bridgehead atoms. The molecular formula is C19H19Cl2NO2. The number of halogens is 2. The molecule has 1 heterocycles. The van der Waals surface area contributed by atoms with Crippen LogP contribution in [0, 0.1) is 5.92 Å². The first-order valence-corrected chi connectivity index (χ1v) is 8.78. The van der Waals surface area contributed by atoms with Crippen molar-refractivity contribution in [1.82, 2.24) is 4.90 Å². The molecule has 3 rings (SSSR count). The third-order valence-electron chi connectivity index (χ3n) is 4.62. The summed E-state index contributed by atoms with van der Waals surface area (Å²) in [4.78, 5) is 13.5. The summed E-state index contributed by atoms with van der Waals surface area (Å²) in [7, 11) is 0. The summed E-state index contributed by atoms with van der Waals surface area (Å²) in [6, 6.07) is 16.0. The first kappa shape index (κ1) is 17.3. The van der Waals surface area contributed by atoms with Crippen molar-refractivity contribution >= 4 is 29.2 Å². The molecule has 1 aliphatic heterocycles. The van der Waals surface area contributed by atoms with Crippen LogP contribution in [0.4, 0.5) is 0 Å². The van der Waals surface area contributed by atoms with E-state index in [0.29, 0.717) is 22.9 Å². The summed E-state index contributed by atoms with van der Waals surface area (Å²) in [5.41, 5.74) is 2.24. The topological polar surface area (TPSA) is 40.5 Å². The Labute approximate surface area is 151 Å². The number of carboxylic acids is 1. The zero-order chi connectivity index (χ0) is 17.1. The van der Waals surface area contributed by atoms with Crippen LogP contribution in [0.1, 0.15) is 30.0 Å². The van der Waals surface area contributed by atoms with Crippen LogP contribution in [0.5, 0.6) is 0 Å². The van der Waals surface area contributed by atoms with Gasteiger partial charge in [0.1, 0.15) is 0 Å². The number of hydrogen-bond acceptors (Lipinski definition) is 2. The Bertz CT molecular complexity index is 713. The highest BCUT2D eigenvalue weighted by Gasteiger charge is 2.30. The van der Waals surface area contributed by atoms with E-state index in [9.17, 15) is 9.90 Å². The van der Waals surface area contributed by atoms with Crippen molar-refractivity contribution in [2.24, 2.45) is 5.92 Å². The second-order valence-corrected chi connectivity index (χ2v) is 6.95. The van der Waals surface area contributed by atoms with E-state index in [2.05, 4.69) is 17.0 Å². The maximum absolute atomic E-state index is 11.2. The van der Waals surface area contributed by atoms with Gasteiger partial charge in [-0.3, -0.25) is 9.69 Å². The van der Waals surface area contributed by atoms with Crippen LogP contribution in [-0.2, 0) is 4.79 Å². The third kappa shape index (κ3) is 3.75. The van der Waals surface area contributed by atoms with Gasteiger partial charge in [-0.05, 0) is 49.2 Å². The minimum atomic E-state index is -0.694. The second-order valence-electron chi connectivity index (χ2n) is 6.14. The maximum Gasteiger partial charge on any atom is 0.306 e. The van der Waals surface area contributed by atoms with Crippen LogP contribution in [0.15, 0.2) is 48.5 Å². The molecule has 2 aromatic carbocycles. The van der Waals surface area contributed by atoms with E-state index >= 15 is 0 Å². The van der Waals surface area contributed by atoms with Crippen molar-refractivity contribution < 1.29 is 9.90 Å². The third-order valence-corrected chi connectivity index (χ3v) is 5.36. The highest BCUT2D eigenvalue weighted by Crippen LogP contribution is 2.35. The van der Waals surface area contributed by atoms with Crippen LogP contribution in [0.2, 0.25) is 10.0 Å². The van der Waals surface area contributed by atoms with Crippen molar-refractivity contribution in [2.75, 3.05) is 13.1 Å². The number of rotatable bonds is 4. The summed E-state index contributed by atoms with van der Waals surface area (Å²) >= 11 is 12.3. The number of nitrogens with zero attached hydrogens (tertiary/aromatic N) is 1. The van der Waals surface area contributed by atoms with Crippen molar-refractivity contribution in [2.45, 2.75) is 18.9 Å². The Balaban J connectivity index is 1.91. The van der Waals surface area contributed by atoms with E-state index in [-0.39, 0.29) is 12.0 Å². The van der Waals surface area contributed by atoms with Gasteiger partial charge < -0.3 is 5.11 Å². The van der Waals surface area contributed by atoms with E-state index in [1.165, 1.54) is 5.56 Å². The molecule has 1 N–H and O–H groups in total. The van der Waals surface area contributed by atoms with Crippen LogP contribution in [0.25, 0.3) is 0 Å². The highest BCUT2D eigenvalue weighted by molar-refractivity contribution is 6.42. The Morgan fingerprint density at radius 3 is 2.25 bits per heavy atom. The van der Waals surface area contributed by atoms with Gasteiger partial charge in [0.05, 0.1) is 22.0 Å². The molecule has 1 saturated heterocycles. The van der Waals surface area contributed by atoms with E-state index in [4.69, 9.17) is 23.2 Å². The van der Waals surface area contributed by atoms with Crippen molar-refractivity contribution in [3.05, 3.63) is 69.7 Å². The monoisotopic (exact) mass is 363 g/mol. The molecule has 0 spiro atoms. The second kappa shape index (κ2) is 7.56. The Morgan fingerprint density at radius 2 is 1.67 bits per heavy atom. The molecule has 5 heteroatoms.